The molecule has 6 nitrogen and oxygen atoms in total. The van der Waals surface area contributed by atoms with E-state index in [4.69, 9.17) is 18.4 Å². The molecule has 3 aromatic rings. The summed E-state index contributed by atoms with van der Waals surface area (Å²) in [5.74, 6) is 1.68. The van der Waals surface area contributed by atoms with Crippen LogP contribution in [0.25, 0.3) is 11.0 Å². The number of hydrogen-bond acceptors (Lipinski definition) is 6. The van der Waals surface area contributed by atoms with Gasteiger partial charge in [0.2, 0.25) is 0 Å². The zero-order valence-corrected chi connectivity index (χ0v) is 14.9. The minimum absolute atomic E-state index is 0.275. The van der Waals surface area contributed by atoms with Crippen LogP contribution in [0, 0.1) is 13.8 Å². The van der Waals surface area contributed by atoms with Crippen molar-refractivity contribution >= 4 is 11.0 Å². The van der Waals surface area contributed by atoms with Crippen molar-refractivity contribution in [2.75, 3.05) is 13.2 Å². The number of aromatic nitrogens is 1. The second-order valence-corrected chi connectivity index (χ2v) is 6.69. The van der Waals surface area contributed by atoms with Gasteiger partial charge in [-0.2, -0.15) is 0 Å². The quantitative estimate of drug-likeness (QED) is 0.661. The van der Waals surface area contributed by atoms with Gasteiger partial charge in [0, 0.05) is 42.2 Å². The number of hydrogen-bond donors (Lipinski definition) is 0. The molecular formula is C20H21NO5. The molecule has 1 saturated heterocycles. The molecule has 4 rings (SSSR count). The fraction of sp³-hybridized carbons (Fsp3) is 0.400. The predicted molar refractivity (Wildman–Crippen MR) is 95.6 cm³/mol. The number of benzene rings is 1. The predicted octanol–water partition coefficient (Wildman–Crippen LogP) is 3.87. The molecule has 0 N–H and O–H groups in total. The van der Waals surface area contributed by atoms with Crippen molar-refractivity contribution in [1.82, 2.24) is 5.16 Å². The highest BCUT2D eigenvalue weighted by Crippen LogP contribution is 2.27. The minimum Gasteiger partial charge on any atom is -0.485 e. The van der Waals surface area contributed by atoms with Gasteiger partial charge in [-0.15, -0.1) is 0 Å². The maximum Gasteiger partial charge on any atom is 0.339 e. The first-order valence-corrected chi connectivity index (χ1v) is 8.82. The number of aryl methyl sites for hydroxylation is 1. The van der Waals surface area contributed by atoms with Crippen molar-refractivity contribution in [1.29, 1.82) is 0 Å². The van der Waals surface area contributed by atoms with Crippen LogP contribution in [0.3, 0.4) is 0 Å². The van der Waals surface area contributed by atoms with Gasteiger partial charge in [0.1, 0.15) is 17.9 Å². The van der Waals surface area contributed by atoms with E-state index in [1.807, 2.05) is 25.1 Å². The highest BCUT2D eigenvalue weighted by atomic mass is 16.5. The van der Waals surface area contributed by atoms with E-state index < -0.39 is 0 Å². The second kappa shape index (κ2) is 6.96. The van der Waals surface area contributed by atoms with Crippen molar-refractivity contribution in [3.05, 3.63) is 57.3 Å². The van der Waals surface area contributed by atoms with E-state index in [2.05, 4.69) is 5.16 Å². The molecule has 0 bridgehead atoms. The summed E-state index contributed by atoms with van der Waals surface area (Å²) in [6, 6.07) is 7.46. The van der Waals surface area contributed by atoms with Crippen LogP contribution in [0.1, 0.15) is 41.3 Å². The highest BCUT2D eigenvalue weighted by molar-refractivity contribution is 5.82. The number of fused-ring (bicyclic) bond motifs is 1. The standard InChI is InChI=1S/C20H21NO5/c1-12-13(2)20(22)25-19-10-15(3-4-17(12)19)24-11-16-9-18(21-26-16)14-5-7-23-8-6-14/h3-4,9-10,14H,5-8,11H2,1-2H3. The molecule has 6 heteroatoms. The maximum atomic E-state index is 11.9. The average Bonchev–Trinajstić information content (AvgIpc) is 3.14. The van der Waals surface area contributed by atoms with Crippen LogP contribution in [0.2, 0.25) is 0 Å². The fourth-order valence-corrected chi connectivity index (χ4v) is 3.26. The molecule has 0 saturated carbocycles. The van der Waals surface area contributed by atoms with Crippen molar-refractivity contribution in [3.63, 3.8) is 0 Å². The minimum atomic E-state index is -0.316. The lowest BCUT2D eigenvalue weighted by atomic mass is 9.96. The first-order chi connectivity index (χ1) is 12.6. The maximum absolute atomic E-state index is 11.9. The first-order valence-electron chi connectivity index (χ1n) is 8.82. The molecule has 1 aliphatic heterocycles. The molecule has 136 valence electrons. The van der Waals surface area contributed by atoms with E-state index >= 15 is 0 Å². The highest BCUT2D eigenvalue weighted by Gasteiger charge is 2.20. The van der Waals surface area contributed by atoms with Crippen LogP contribution in [-0.2, 0) is 11.3 Å². The van der Waals surface area contributed by atoms with Gasteiger partial charge in [-0.3, -0.25) is 0 Å². The van der Waals surface area contributed by atoms with E-state index in [-0.39, 0.29) is 12.2 Å². The monoisotopic (exact) mass is 355 g/mol. The van der Waals surface area contributed by atoms with Crippen LogP contribution in [0.15, 0.2) is 38.0 Å². The SMILES string of the molecule is Cc1c(C)c2ccc(OCc3cc(C4CCOCC4)no3)cc2oc1=O. The largest absolute Gasteiger partial charge is 0.485 e. The zero-order chi connectivity index (χ0) is 18.1. The summed E-state index contributed by atoms with van der Waals surface area (Å²) in [4.78, 5) is 11.9. The van der Waals surface area contributed by atoms with Crippen molar-refractivity contribution < 1.29 is 18.4 Å². The third-order valence-corrected chi connectivity index (χ3v) is 5.03. The summed E-state index contributed by atoms with van der Waals surface area (Å²) in [6.07, 6.45) is 1.94. The van der Waals surface area contributed by atoms with E-state index in [0.29, 0.717) is 28.6 Å². The Kier molecular flexibility index (Phi) is 4.51. The fourth-order valence-electron chi connectivity index (χ4n) is 3.26. The summed E-state index contributed by atoms with van der Waals surface area (Å²) in [6.45, 7) is 5.50. The topological polar surface area (TPSA) is 74.7 Å². The molecule has 0 atom stereocenters. The lowest BCUT2D eigenvalue weighted by molar-refractivity contribution is 0.0837. The molecule has 0 unspecified atom stereocenters. The summed E-state index contributed by atoms with van der Waals surface area (Å²) in [7, 11) is 0. The molecular weight excluding hydrogens is 334 g/mol. The molecule has 0 aliphatic carbocycles. The van der Waals surface area contributed by atoms with Crippen LogP contribution in [0.4, 0.5) is 0 Å². The summed E-state index contributed by atoms with van der Waals surface area (Å²) >= 11 is 0. The average molecular weight is 355 g/mol. The molecule has 26 heavy (non-hydrogen) atoms. The Hall–Kier alpha value is -2.60. The molecule has 1 fully saturated rings. The van der Waals surface area contributed by atoms with E-state index in [1.165, 1.54) is 0 Å². The summed E-state index contributed by atoms with van der Waals surface area (Å²) < 4.78 is 21.9. The summed E-state index contributed by atoms with van der Waals surface area (Å²) in [5, 5.41) is 5.08. The Bertz CT molecular complexity index is 982. The van der Waals surface area contributed by atoms with Crippen molar-refractivity contribution in [2.24, 2.45) is 0 Å². The van der Waals surface area contributed by atoms with Gasteiger partial charge >= 0.3 is 5.63 Å². The third-order valence-electron chi connectivity index (χ3n) is 5.03. The Labute approximate surface area is 150 Å². The van der Waals surface area contributed by atoms with Gasteiger partial charge < -0.3 is 18.4 Å². The summed E-state index contributed by atoms with van der Waals surface area (Å²) in [5.41, 5.74) is 2.73. The molecule has 0 spiro atoms. The number of nitrogens with zero attached hydrogens (tertiary/aromatic N) is 1. The molecule has 0 radical (unpaired) electrons. The third kappa shape index (κ3) is 3.24. The Balaban J connectivity index is 1.48. The molecule has 1 aromatic carbocycles. The zero-order valence-electron chi connectivity index (χ0n) is 14.9. The molecule has 3 heterocycles. The van der Waals surface area contributed by atoms with Gasteiger partial charge in [-0.25, -0.2) is 4.79 Å². The van der Waals surface area contributed by atoms with Gasteiger partial charge in [0.05, 0.1) is 5.69 Å². The van der Waals surface area contributed by atoms with E-state index in [9.17, 15) is 4.79 Å². The van der Waals surface area contributed by atoms with Gasteiger partial charge in [0.25, 0.3) is 0 Å². The van der Waals surface area contributed by atoms with Crippen LogP contribution in [-0.4, -0.2) is 18.4 Å². The van der Waals surface area contributed by atoms with Gasteiger partial charge in [0.15, 0.2) is 5.76 Å². The Morgan fingerprint density at radius 3 is 2.77 bits per heavy atom. The van der Waals surface area contributed by atoms with E-state index in [1.54, 1.807) is 13.0 Å². The van der Waals surface area contributed by atoms with Crippen molar-refractivity contribution in [3.8, 4) is 5.75 Å². The molecule has 2 aromatic heterocycles. The van der Waals surface area contributed by atoms with Gasteiger partial charge in [-0.05, 0) is 44.4 Å². The van der Waals surface area contributed by atoms with E-state index in [0.717, 1.165) is 42.7 Å². The molecule has 0 amide bonds. The van der Waals surface area contributed by atoms with Crippen LogP contribution in [0.5, 0.6) is 5.75 Å². The Morgan fingerprint density at radius 1 is 1.15 bits per heavy atom. The lowest BCUT2D eigenvalue weighted by Crippen LogP contribution is -2.14. The first kappa shape index (κ1) is 16.8. The van der Waals surface area contributed by atoms with Crippen molar-refractivity contribution in [2.45, 2.75) is 39.2 Å². The Morgan fingerprint density at radius 2 is 1.96 bits per heavy atom. The normalized spacial score (nSPS) is 15.5. The van der Waals surface area contributed by atoms with Crippen LogP contribution < -0.4 is 10.4 Å². The lowest BCUT2D eigenvalue weighted by Gasteiger charge is -2.19. The smallest absolute Gasteiger partial charge is 0.339 e. The molecule has 1 aliphatic rings. The van der Waals surface area contributed by atoms with Crippen LogP contribution >= 0.6 is 0 Å². The number of rotatable bonds is 4. The van der Waals surface area contributed by atoms with Gasteiger partial charge in [-0.1, -0.05) is 5.16 Å². The number of ether oxygens (including phenoxy) is 2. The second-order valence-electron chi connectivity index (χ2n) is 6.69.